The Bertz CT molecular complexity index is 967. The number of unbranched alkanes of at least 4 members (excludes halogenated alkanes) is 1. The lowest BCUT2D eigenvalue weighted by Gasteiger charge is -2.19. The van der Waals surface area contributed by atoms with Gasteiger partial charge in [-0.2, -0.15) is 5.10 Å². The highest BCUT2D eigenvalue weighted by molar-refractivity contribution is 5.66. The molecule has 146 valence electrons. The van der Waals surface area contributed by atoms with Crippen LogP contribution in [0, 0.1) is 6.92 Å². The molecular weight excluding hydrogens is 352 g/mol. The number of aromatic amines is 1. The fraction of sp³-hybridized carbons (Fsp3) is 0.381. The molecule has 3 heterocycles. The maximum atomic E-state index is 5.72. The number of ether oxygens (including phenoxy) is 1. The summed E-state index contributed by atoms with van der Waals surface area (Å²) in [7, 11) is 2.07. The van der Waals surface area contributed by atoms with Crippen LogP contribution in [0.25, 0.3) is 11.4 Å². The second-order valence-electron chi connectivity index (χ2n) is 7.19. The number of rotatable bonds is 7. The molecular formula is C21H26N6O. The lowest BCUT2D eigenvalue weighted by atomic mass is 10.1. The predicted molar refractivity (Wildman–Crippen MR) is 111 cm³/mol. The van der Waals surface area contributed by atoms with Crippen LogP contribution in [0.4, 0.5) is 17.5 Å². The Morgan fingerprint density at radius 3 is 2.86 bits per heavy atom. The first-order valence-corrected chi connectivity index (χ1v) is 9.77. The summed E-state index contributed by atoms with van der Waals surface area (Å²) >= 11 is 0. The number of H-pyrrole nitrogens is 1. The van der Waals surface area contributed by atoms with Gasteiger partial charge in [0.05, 0.1) is 6.61 Å². The number of benzene rings is 1. The minimum absolute atomic E-state index is 0.675. The van der Waals surface area contributed by atoms with Crippen LogP contribution in [-0.4, -0.2) is 40.4 Å². The van der Waals surface area contributed by atoms with Gasteiger partial charge in [0.1, 0.15) is 17.4 Å². The second kappa shape index (κ2) is 7.88. The summed E-state index contributed by atoms with van der Waals surface area (Å²) in [5, 5.41) is 10.5. The van der Waals surface area contributed by atoms with Gasteiger partial charge < -0.3 is 15.0 Å². The Kier molecular flexibility index (Phi) is 5.14. The molecule has 0 saturated heterocycles. The lowest BCUT2D eigenvalue weighted by molar-refractivity contribution is 0.357. The molecule has 2 N–H and O–H groups in total. The van der Waals surface area contributed by atoms with E-state index in [0.29, 0.717) is 5.82 Å². The average Bonchev–Trinajstić information content (AvgIpc) is 3.33. The SMILES string of the molecule is CCCCN(C)c1cc(Nc2cc(C)[nH]n2)nc(-c2ccc3c(c2)OCC3)n1. The normalized spacial score (nSPS) is 12.5. The molecule has 2 aromatic heterocycles. The maximum absolute atomic E-state index is 5.72. The lowest BCUT2D eigenvalue weighted by Crippen LogP contribution is -2.20. The fourth-order valence-electron chi connectivity index (χ4n) is 3.25. The van der Waals surface area contributed by atoms with Gasteiger partial charge in [-0.1, -0.05) is 25.5 Å². The maximum Gasteiger partial charge on any atom is 0.164 e. The van der Waals surface area contributed by atoms with E-state index in [1.54, 1.807) is 0 Å². The molecule has 1 aromatic carbocycles. The number of fused-ring (bicyclic) bond motifs is 1. The molecule has 0 bridgehead atoms. The van der Waals surface area contributed by atoms with Crippen molar-refractivity contribution in [1.82, 2.24) is 20.2 Å². The summed E-state index contributed by atoms with van der Waals surface area (Å²) in [4.78, 5) is 11.7. The Hall–Kier alpha value is -3.09. The monoisotopic (exact) mass is 378 g/mol. The first kappa shape index (κ1) is 18.3. The molecule has 3 aromatic rings. The van der Waals surface area contributed by atoms with Crippen LogP contribution in [0.5, 0.6) is 5.75 Å². The van der Waals surface area contributed by atoms with Gasteiger partial charge in [-0.3, -0.25) is 5.10 Å². The predicted octanol–water partition coefficient (Wildman–Crippen LogP) is 4.09. The number of aromatic nitrogens is 4. The first-order chi connectivity index (χ1) is 13.6. The third-order valence-corrected chi connectivity index (χ3v) is 4.87. The number of hydrogen-bond donors (Lipinski definition) is 2. The number of aryl methyl sites for hydroxylation is 1. The van der Waals surface area contributed by atoms with Crippen molar-refractivity contribution in [3.8, 4) is 17.1 Å². The first-order valence-electron chi connectivity index (χ1n) is 9.77. The molecule has 28 heavy (non-hydrogen) atoms. The van der Waals surface area contributed by atoms with E-state index in [2.05, 4.69) is 46.5 Å². The number of nitrogens with one attached hydrogen (secondary N) is 2. The zero-order valence-corrected chi connectivity index (χ0v) is 16.6. The van der Waals surface area contributed by atoms with Crippen LogP contribution in [0.2, 0.25) is 0 Å². The summed E-state index contributed by atoms with van der Waals surface area (Å²) in [5.41, 5.74) is 3.19. The van der Waals surface area contributed by atoms with E-state index in [4.69, 9.17) is 14.7 Å². The molecule has 0 saturated carbocycles. The van der Waals surface area contributed by atoms with Gasteiger partial charge in [-0.05, 0) is 25.0 Å². The van der Waals surface area contributed by atoms with Gasteiger partial charge in [0.15, 0.2) is 11.6 Å². The van der Waals surface area contributed by atoms with E-state index in [1.807, 2.05) is 25.1 Å². The molecule has 0 radical (unpaired) electrons. The largest absolute Gasteiger partial charge is 0.493 e. The smallest absolute Gasteiger partial charge is 0.164 e. The van der Waals surface area contributed by atoms with Crippen LogP contribution in [0.15, 0.2) is 30.3 Å². The van der Waals surface area contributed by atoms with Crippen molar-refractivity contribution in [2.75, 3.05) is 30.4 Å². The van der Waals surface area contributed by atoms with Crippen molar-refractivity contribution in [2.45, 2.75) is 33.1 Å². The molecule has 0 fully saturated rings. The van der Waals surface area contributed by atoms with E-state index in [-0.39, 0.29) is 0 Å². The number of hydrogen-bond acceptors (Lipinski definition) is 6. The molecule has 7 heteroatoms. The highest BCUT2D eigenvalue weighted by Crippen LogP contribution is 2.31. The van der Waals surface area contributed by atoms with Crippen molar-refractivity contribution in [3.63, 3.8) is 0 Å². The van der Waals surface area contributed by atoms with Crippen LogP contribution >= 0.6 is 0 Å². The van der Waals surface area contributed by atoms with Crippen LogP contribution in [-0.2, 0) is 6.42 Å². The van der Waals surface area contributed by atoms with E-state index >= 15 is 0 Å². The molecule has 1 aliphatic heterocycles. The summed E-state index contributed by atoms with van der Waals surface area (Å²) in [6.45, 7) is 5.85. The van der Waals surface area contributed by atoms with Gasteiger partial charge in [-0.15, -0.1) is 0 Å². The number of nitrogens with zero attached hydrogens (tertiary/aromatic N) is 4. The van der Waals surface area contributed by atoms with Gasteiger partial charge in [0.2, 0.25) is 0 Å². The zero-order valence-electron chi connectivity index (χ0n) is 16.6. The molecule has 0 spiro atoms. The minimum Gasteiger partial charge on any atom is -0.493 e. The van der Waals surface area contributed by atoms with Crippen molar-refractivity contribution >= 4 is 17.5 Å². The van der Waals surface area contributed by atoms with E-state index in [1.165, 1.54) is 5.56 Å². The Labute approximate surface area is 165 Å². The summed E-state index contributed by atoms with van der Waals surface area (Å²) in [5.74, 6) is 3.95. The summed E-state index contributed by atoms with van der Waals surface area (Å²) < 4.78 is 5.72. The van der Waals surface area contributed by atoms with E-state index in [0.717, 1.165) is 66.9 Å². The Morgan fingerprint density at radius 1 is 1.18 bits per heavy atom. The molecule has 4 rings (SSSR count). The van der Waals surface area contributed by atoms with Gasteiger partial charge in [-0.25, -0.2) is 9.97 Å². The molecule has 7 nitrogen and oxygen atoms in total. The topological polar surface area (TPSA) is 79.0 Å². The van der Waals surface area contributed by atoms with Crippen LogP contribution < -0.4 is 15.0 Å². The third-order valence-electron chi connectivity index (χ3n) is 4.87. The standard InChI is InChI=1S/C21H26N6O/c1-4-5-9-27(3)20-13-18(22-19-11-14(2)25-26-19)23-21(24-20)16-7-6-15-8-10-28-17(15)12-16/h6-7,11-13H,4-5,8-10H2,1-3H3,(H2,22,23,24,25,26). The molecule has 0 unspecified atom stereocenters. The fourth-order valence-corrected chi connectivity index (χ4v) is 3.25. The molecule has 0 atom stereocenters. The third kappa shape index (κ3) is 3.93. The van der Waals surface area contributed by atoms with Crippen molar-refractivity contribution < 1.29 is 4.74 Å². The van der Waals surface area contributed by atoms with Crippen molar-refractivity contribution in [1.29, 1.82) is 0 Å². The van der Waals surface area contributed by atoms with Crippen LogP contribution in [0.3, 0.4) is 0 Å². The van der Waals surface area contributed by atoms with Crippen LogP contribution in [0.1, 0.15) is 31.0 Å². The van der Waals surface area contributed by atoms with Gasteiger partial charge in [0.25, 0.3) is 0 Å². The average molecular weight is 378 g/mol. The Morgan fingerprint density at radius 2 is 2.07 bits per heavy atom. The van der Waals surface area contributed by atoms with E-state index < -0.39 is 0 Å². The molecule has 0 amide bonds. The number of anilines is 3. The summed E-state index contributed by atoms with van der Waals surface area (Å²) in [6, 6.07) is 10.1. The second-order valence-corrected chi connectivity index (χ2v) is 7.19. The van der Waals surface area contributed by atoms with E-state index in [9.17, 15) is 0 Å². The molecule has 0 aliphatic carbocycles. The summed E-state index contributed by atoms with van der Waals surface area (Å²) in [6.07, 6.45) is 3.22. The van der Waals surface area contributed by atoms with Gasteiger partial charge >= 0.3 is 0 Å². The molecule has 1 aliphatic rings. The minimum atomic E-state index is 0.675. The van der Waals surface area contributed by atoms with Crippen molar-refractivity contribution in [2.24, 2.45) is 0 Å². The van der Waals surface area contributed by atoms with Crippen molar-refractivity contribution in [3.05, 3.63) is 41.6 Å². The highest BCUT2D eigenvalue weighted by Gasteiger charge is 2.16. The Balaban J connectivity index is 1.70. The van der Waals surface area contributed by atoms with Gasteiger partial charge in [0, 0.05) is 43.4 Å². The quantitative estimate of drug-likeness (QED) is 0.645. The highest BCUT2D eigenvalue weighted by atomic mass is 16.5. The zero-order chi connectivity index (χ0) is 19.5.